The summed E-state index contributed by atoms with van der Waals surface area (Å²) in [4.78, 5) is 17.2. The van der Waals surface area contributed by atoms with Crippen molar-refractivity contribution in [2.45, 2.75) is 43.7 Å². The molecule has 2 aromatic heterocycles. The third kappa shape index (κ3) is 3.43. The molecule has 1 saturated carbocycles. The van der Waals surface area contributed by atoms with E-state index in [1.807, 2.05) is 41.7 Å². The fourth-order valence-corrected chi connectivity index (χ4v) is 4.59. The maximum absolute atomic E-state index is 12.6. The van der Waals surface area contributed by atoms with E-state index >= 15 is 0 Å². The monoisotopic (exact) mass is 403 g/mol. The van der Waals surface area contributed by atoms with Gasteiger partial charge in [-0.05, 0) is 55.9 Å². The molecule has 1 aliphatic rings. The molecule has 2 heterocycles. The lowest BCUT2D eigenvalue weighted by Gasteiger charge is -2.22. The third-order valence-electron chi connectivity index (χ3n) is 5.49. The number of aryl methyl sites for hydroxylation is 1. The van der Waals surface area contributed by atoms with Crippen LogP contribution in [0.5, 0.6) is 0 Å². The van der Waals surface area contributed by atoms with E-state index in [0.29, 0.717) is 17.6 Å². The maximum atomic E-state index is 12.6. The van der Waals surface area contributed by atoms with E-state index in [0.717, 1.165) is 34.5 Å². The summed E-state index contributed by atoms with van der Waals surface area (Å²) in [6.07, 6.45) is 2.67. The van der Waals surface area contributed by atoms with Gasteiger partial charge in [0.05, 0.1) is 33.4 Å². The summed E-state index contributed by atoms with van der Waals surface area (Å²) in [7, 11) is 0. The van der Waals surface area contributed by atoms with Gasteiger partial charge in [-0.25, -0.2) is 4.98 Å². The van der Waals surface area contributed by atoms with Crippen molar-refractivity contribution in [3.05, 3.63) is 41.5 Å². The first-order valence-electron chi connectivity index (χ1n) is 9.69. The van der Waals surface area contributed by atoms with Gasteiger partial charge in [-0.2, -0.15) is 10.5 Å². The SMILES string of the molecule is CCc1cc(SCC(=O)N[C@](C)(C#N)C2CC2)n2c(nc3ccccc32)c1C#N. The zero-order valence-corrected chi connectivity index (χ0v) is 17.2. The van der Waals surface area contributed by atoms with E-state index in [-0.39, 0.29) is 17.6 Å². The average molecular weight is 404 g/mol. The van der Waals surface area contributed by atoms with Crippen molar-refractivity contribution < 1.29 is 4.79 Å². The number of nitrogens with one attached hydrogen (secondary N) is 1. The molecular formula is C22H21N5OS. The number of carbonyl (C=O) groups is 1. The number of rotatable bonds is 6. The molecule has 1 N–H and O–H groups in total. The Hall–Kier alpha value is -3.03. The first kappa shape index (κ1) is 19.3. The number of benzene rings is 1. The van der Waals surface area contributed by atoms with Gasteiger partial charge in [0.1, 0.15) is 11.6 Å². The molecule has 0 aliphatic heterocycles. The molecule has 6 nitrogen and oxygen atoms in total. The number of hydrogen-bond donors (Lipinski definition) is 1. The second kappa shape index (κ2) is 7.42. The molecule has 146 valence electrons. The van der Waals surface area contributed by atoms with E-state index in [1.54, 1.807) is 6.92 Å². The fourth-order valence-electron chi connectivity index (χ4n) is 3.70. The summed E-state index contributed by atoms with van der Waals surface area (Å²) in [6.45, 7) is 3.80. The molecule has 4 rings (SSSR count). The summed E-state index contributed by atoms with van der Waals surface area (Å²) >= 11 is 1.40. The molecule has 3 aromatic rings. The molecule has 0 radical (unpaired) electrons. The molecule has 1 aromatic carbocycles. The Morgan fingerprint density at radius 3 is 2.79 bits per heavy atom. The first-order chi connectivity index (χ1) is 14.0. The second-order valence-electron chi connectivity index (χ2n) is 7.53. The Bertz CT molecular complexity index is 1200. The van der Waals surface area contributed by atoms with Crippen molar-refractivity contribution in [3.8, 4) is 12.1 Å². The van der Waals surface area contributed by atoms with Crippen LogP contribution in [0.4, 0.5) is 0 Å². The van der Waals surface area contributed by atoms with Gasteiger partial charge in [0, 0.05) is 0 Å². The zero-order chi connectivity index (χ0) is 20.6. The van der Waals surface area contributed by atoms with Gasteiger partial charge in [-0.15, -0.1) is 0 Å². The number of hydrogen-bond acceptors (Lipinski definition) is 5. The van der Waals surface area contributed by atoms with Crippen molar-refractivity contribution >= 4 is 34.3 Å². The number of carbonyl (C=O) groups excluding carboxylic acids is 1. The van der Waals surface area contributed by atoms with Crippen molar-refractivity contribution in [2.24, 2.45) is 5.92 Å². The summed E-state index contributed by atoms with van der Waals surface area (Å²) < 4.78 is 1.95. The minimum absolute atomic E-state index is 0.161. The average Bonchev–Trinajstić information content (AvgIpc) is 3.52. The van der Waals surface area contributed by atoms with Crippen LogP contribution in [-0.4, -0.2) is 26.6 Å². The summed E-state index contributed by atoms with van der Waals surface area (Å²) in [6, 6.07) is 14.3. The van der Waals surface area contributed by atoms with Crippen LogP contribution in [0.2, 0.25) is 0 Å². The largest absolute Gasteiger partial charge is 0.337 e. The standard InChI is InChI=1S/C22H21N5OS/c1-3-14-10-20(29-12-19(28)26-22(2,13-24)15-8-9-15)27-18-7-5-4-6-17(18)25-21(27)16(14)11-23/h4-7,10,15H,3,8-9,12H2,1-2H3,(H,26,28)/t22-/m1/s1. The Kier molecular flexibility index (Phi) is 4.94. The molecule has 29 heavy (non-hydrogen) atoms. The number of amides is 1. The van der Waals surface area contributed by atoms with Gasteiger partial charge >= 0.3 is 0 Å². The smallest absolute Gasteiger partial charge is 0.231 e. The van der Waals surface area contributed by atoms with Crippen molar-refractivity contribution in [1.29, 1.82) is 10.5 Å². The van der Waals surface area contributed by atoms with E-state index in [9.17, 15) is 15.3 Å². The Morgan fingerprint density at radius 1 is 1.38 bits per heavy atom. The highest BCUT2D eigenvalue weighted by Crippen LogP contribution is 2.39. The lowest BCUT2D eigenvalue weighted by Crippen LogP contribution is -2.47. The highest BCUT2D eigenvalue weighted by atomic mass is 32.2. The highest BCUT2D eigenvalue weighted by molar-refractivity contribution is 7.99. The molecule has 1 atom stereocenters. The predicted molar refractivity (Wildman–Crippen MR) is 112 cm³/mol. The molecule has 1 amide bonds. The van der Waals surface area contributed by atoms with Crippen LogP contribution in [0.25, 0.3) is 16.7 Å². The van der Waals surface area contributed by atoms with Crippen LogP contribution >= 0.6 is 11.8 Å². The van der Waals surface area contributed by atoms with E-state index < -0.39 is 5.54 Å². The molecule has 0 unspecified atom stereocenters. The lowest BCUT2D eigenvalue weighted by atomic mass is 9.98. The number of para-hydroxylation sites is 2. The number of pyridine rings is 1. The number of thioether (sulfide) groups is 1. The van der Waals surface area contributed by atoms with Crippen LogP contribution in [-0.2, 0) is 11.2 Å². The van der Waals surface area contributed by atoms with E-state index in [2.05, 4.69) is 22.4 Å². The zero-order valence-electron chi connectivity index (χ0n) is 16.4. The van der Waals surface area contributed by atoms with Gasteiger partial charge in [0.15, 0.2) is 5.65 Å². The number of nitriles is 2. The minimum Gasteiger partial charge on any atom is -0.337 e. The van der Waals surface area contributed by atoms with Crippen molar-refractivity contribution in [1.82, 2.24) is 14.7 Å². The Balaban J connectivity index is 1.69. The fraction of sp³-hybridized carbons (Fsp3) is 0.364. The van der Waals surface area contributed by atoms with Crippen LogP contribution in [0.3, 0.4) is 0 Å². The number of fused-ring (bicyclic) bond motifs is 3. The third-order valence-corrected chi connectivity index (χ3v) is 6.50. The number of aromatic nitrogens is 2. The Labute approximate surface area is 173 Å². The topological polar surface area (TPSA) is 94.0 Å². The van der Waals surface area contributed by atoms with E-state index in [4.69, 9.17) is 0 Å². The van der Waals surface area contributed by atoms with Gasteiger partial charge < -0.3 is 5.32 Å². The number of nitrogens with zero attached hydrogens (tertiary/aromatic N) is 4. The summed E-state index contributed by atoms with van der Waals surface area (Å²) in [5.74, 6) is 0.277. The lowest BCUT2D eigenvalue weighted by molar-refractivity contribution is -0.119. The van der Waals surface area contributed by atoms with Gasteiger partial charge in [-0.3, -0.25) is 9.20 Å². The van der Waals surface area contributed by atoms with Gasteiger partial charge in [0.2, 0.25) is 5.91 Å². The predicted octanol–water partition coefficient (Wildman–Crippen LogP) is 3.82. The molecule has 1 aliphatic carbocycles. The van der Waals surface area contributed by atoms with Crippen LogP contribution < -0.4 is 5.32 Å². The quantitative estimate of drug-likeness (QED) is 0.632. The second-order valence-corrected chi connectivity index (χ2v) is 8.53. The normalized spacial score (nSPS) is 15.6. The Morgan fingerprint density at radius 2 is 2.14 bits per heavy atom. The first-order valence-corrected chi connectivity index (χ1v) is 10.7. The molecule has 1 fully saturated rings. The van der Waals surface area contributed by atoms with Crippen LogP contribution in [0.15, 0.2) is 35.4 Å². The summed E-state index contributed by atoms with van der Waals surface area (Å²) in [5, 5.41) is 22.9. The van der Waals surface area contributed by atoms with Crippen LogP contribution in [0.1, 0.15) is 37.8 Å². The van der Waals surface area contributed by atoms with Crippen molar-refractivity contribution in [2.75, 3.05) is 5.75 Å². The van der Waals surface area contributed by atoms with Crippen LogP contribution in [0, 0.1) is 28.6 Å². The molecule has 0 saturated heterocycles. The molecule has 0 bridgehead atoms. The molecular weight excluding hydrogens is 382 g/mol. The van der Waals surface area contributed by atoms with Gasteiger partial charge in [-0.1, -0.05) is 30.8 Å². The summed E-state index contributed by atoms with van der Waals surface area (Å²) in [5.41, 5.74) is 3.03. The molecule has 7 heteroatoms. The van der Waals surface area contributed by atoms with E-state index in [1.165, 1.54) is 11.8 Å². The maximum Gasteiger partial charge on any atom is 0.231 e. The number of imidazole rings is 1. The highest BCUT2D eigenvalue weighted by Gasteiger charge is 2.42. The minimum atomic E-state index is -0.798. The van der Waals surface area contributed by atoms with Crippen molar-refractivity contribution in [3.63, 3.8) is 0 Å². The van der Waals surface area contributed by atoms with Gasteiger partial charge in [0.25, 0.3) is 0 Å². The molecule has 0 spiro atoms.